The number of halogens is 1. The number of aromatic amines is 1. The molecule has 3 heterocycles. The van der Waals surface area contributed by atoms with Crippen molar-refractivity contribution in [1.82, 2.24) is 15.3 Å². The summed E-state index contributed by atoms with van der Waals surface area (Å²) < 4.78 is 20.0. The molecule has 9 heteroatoms. The molecule has 1 atom stereocenters. The van der Waals surface area contributed by atoms with Gasteiger partial charge in [0.25, 0.3) is 5.91 Å². The number of benzene rings is 3. The number of hydrogen-bond acceptors (Lipinski definition) is 5. The van der Waals surface area contributed by atoms with E-state index in [9.17, 15) is 14.0 Å². The fourth-order valence-corrected chi connectivity index (χ4v) is 5.85. The molecule has 3 aromatic carbocycles. The molecule has 1 fully saturated rings. The minimum atomic E-state index is -0.351. The summed E-state index contributed by atoms with van der Waals surface area (Å²) in [6, 6.07) is 17.8. The lowest BCUT2D eigenvalue weighted by molar-refractivity contribution is -0.122. The summed E-state index contributed by atoms with van der Waals surface area (Å²) in [5, 5.41) is 7.33. The van der Waals surface area contributed by atoms with Crippen molar-refractivity contribution < 1.29 is 18.7 Å². The van der Waals surface area contributed by atoms with Crippen LogP contribution >= 0.6 is 11.3 Å². The van der Waals surface area contributed by atoms with Crippen LogP contribution in [0.1, 0.15) is 41.7 Å². The summed E-state index contributed by atoms with van der Waals surface area (Å²) in [7, 11) is 0. The number of hydrogen-bond donors (Lipinski definition) is 3. The first-order valence-corrected chi connectivity index (χ1v) is 13.7. The van der Waals surface area contributed by atoms with Gasteiger partial charge < -0.3 is 20.4 Å². The predicted octanol–water partition coefficient (Wildman–Crippen LogP) is 6.44. The van der Waals surface area contributed by atoms with Crippen molar-refractivity contribution in [3.8, 4) is 11.1 Å². The van der Waals surface area contributed by atoms with E-state index in [0.717, 1.165) is 45.1 Å². The Kier molecular flexibility index (Phi) is 6.85. The largest absolute Gasteiger partial charge is 0.381 e. The number of carbonyl (C=O) groups is 2. The molecule has 0 aliphatic carbocycles. The van der Waals surface area contributed by atoms with Gasteiger partial charge >= 0.3 is 0 Å². The zero-order valence-electron chi connectivity index (χ0n) is 21.3. The molecule has 0 unspecified atom stereocenters. The van der Waals surface area contributed by atoms with Gasteiger partial charge in [0.15, 0.2) is 5.13 Å². The van der Waals surface area contributed by atoms with Gasteiger partial charge in [-0.2, -0.15) is 0 Å². The Hall–Kier alpha value is -4.08. The van der Waals surface area contributed by atoms with Crippen LogP contribution in [-0.4, -0.2) is 35.0 Å². The molecule has 0 saturated carbocycles. The maximum absolute atomic E-state index is 13.6. The van der Waals surface area contributed by atoms with E-state index in [1.807, 2.05) is 37.3 Å². The number of ether oxygens (including phenoxy) is 1. The first kappa shape index (κ1) is 25.2. The van der Waals surface area contributed by atoms with E-state index in [4.69, 9.17) is 4.74 Å². The fourth-order valence-electron chi connectivity index (χ4n) is 4.95. The number of carbonyl (C=O) groups excluding carboxylic acids is 2. The van der Waals surface area contributed by atoms with E-state index >= 15 is 0 Å². The highest BCUT2D eigenvalue weighted by atomic mass is 32.1. The molecule has 198 valence electrons. The summed E-state index contributed by atoms with van der Waals surface area (Å²) in [4.78, 5) is 33.5. The number of rotatable bonds is 6. The van der Waals surface area contributed by atoms with Crippen LogP contribution in [0.5, 0.6) is 0 Å². The van der Waals surface area contributed by atoms with Crippen LogP contribution in [0.25, 0.3) is 32.2 Å². The number of amides is 2. The first-order valence-electron chi connectivity index (χ1n) is 12.9. The molecule has 2 aromatic heterocycles. The number of aromatic nitrogens is 2. The van der Waals surface area contributed by atoms with Crippen molar-refractivity contribution in [2.45, 2.75) is 25.8 Å². The summed E-state index contributed by atoms with van der Waals surface area (Å²) in [5.74, 6) is -0.624. The maximum Gasteiger partial charge on any atom is 0.253 e. The Balaban J connectivity index is 1.23. The van der Waals surface area contributed by atoms with E-state index in [0.29, 0.717) is 29.5 Å². The monoisotopic (exact) mass is 542 g/mol. The van der Waals surface area contributed by atoms with Gasteiger partial charge in [0.2, 0.25) is 5.91 Å². The standard InChI is InChI=1S/C30H27FN4O3S/c1-17(19-3-2-4-22(31)13-19)33-29(37)24-16-32-25-7-5-20(14-23(24)25)21-6-8-26-27(15-21)39-30(34-26)35-28(36)18-9-11-38-12-10-18/h2-8,13-18,32H,9-12H2,1H3,(H,33,37)(H,34,35,36)/t17-/m0/s1. The number of fused-ring (bicyclic) bond motifs is 2. The summed E-state index contributed by atoms with van der Waals surface area (Å²) >= 11 is 1.45. The second kappa shape index (κ2) is 10.6. The maximum atomic E-state index is 13.6. The quantitative estimate of drug-likeness (QED) is 0.230. The molecule has 0 bridgehead atoms. The van der Waals surface area contributed by atoms with E-state index in [1.54, 1.807) is 18.3 Å². The molecule has 0 spiro atoms. The van der Waals surface area contributed by atoms with Crippen molar-refractivity contribution in [2.24, 2.45) is 5.92 Å². The predicted molar refractivity (Wildman–Crippen MR) is 151 cm³/mol. The Morgan fingerprint density at radius 3 is 2.69 bits per heavy atom. The molecule has 1 aliphatic heterocycles. The van der Waals surface area contributed by atoms with E-state index in [-0.39, 0.29) is 29.6 Å². The molecule has 0 radical (unpaired) electrons. The molecule has 3 N–H and O–H groups in total. The molecule has 1 saturated heterocycles. The van der Waals surface area contributed by atoms with E-state index < -0.39 is 0 Å². The van der Waals surface area contributed by atoms with Gasteiger partial charge in [0, 0.05) is 36.2 Å². The van der Waals surface area contributed by atoms with Crippen LogP contribution in [0.15, 0.2) is 66.9 Å². The number of H-pyrrole nitrogens is 1. The Bertz CT molecular complexity index is 1690. The minimum absolute atomic E-state index is 0.00647. The molecular formula is C30H27FN4O3S. The molecule has 1 aliphatic rings. The van der Waals surface area contributed by atoms with E-state index in [2.05, 4.69) is 26.7 Å². The van der Waals surface area contributed by atoms with Gasteiger partial charge in [-0.1, -0.05) is 35.6 Å². The average molecular weight is 543 g/mol. The topological polar surface area (TPSA) is 96.1 Å². The lowest BCUT2D eigenvalue weighted by Gasteiger charge is -2.20. The first-order chi connectivity index (χ1) is 18.9. The van der Waals surface area contributed by atoms with Crippen LogP contribution in [0.3, 0.4) is 0 Å². The van der Waals surface area contributed by atoms with E-state index in [1.165, 1.54) is 23.5 Å². The zero-order chi connectivity index (χ0) is 26.9. The number of nitrogens with one attached hydrogen (secondary N) is 3. The average Bonchev–Trinajstić information content (AvgIpc) is 3.56. The Morgan fingerprint density at radius 1 is 1.08 bits per heavy atom. The van der Waals surface area contributed by atoms with Crippen LogP contribution in [0, 0.1) is 11.7 Å². The summed E-state index contributed by atoms with van der Waals surface area (Å²) in [5.41, 5.74) is 4.82. The van der Waals surface area contributed by atoms with Gasteiger partial charge in [0.1, 0.15) is 5.82 Å². The number of anilines is 1. The highest BCUT2D eigenvalue weighted by molar-refractivity contribution is 7.22. The van der Waals surface area contributed by atoms with Crippen LogP contribution < -0.4 is 10.6 Å². The molecular weight excluding hydrogens is 515 g/mol. The Morgan fingerprint density at radius 2 is 1.87 bits per heavy atom. The summed E-state index contributed by atoms with van der Waals surface area (Å²) in [6.45, 7) is 3.06. The zero-order valence-corrected chi connectivity index (χ0v) is 22.1. The van der Waals surface area contributed by atoms with Gasteiger partial charge in [-0.05, 0) is 72.9 Å². The highest BCUT2D eigenvalue weighted by Crippen LogP contribution is 2.33. The van der Waals surface area contributed by atoms with Crippen LogP contribution in [0.2, 0.25) is 0 Å². The third-order valence-corrected chi connectivity index (χ3v) is 8.10. The summed E-state index contributed by atoms with van der Waals surface area (Å²) in [6.07, 6.45) is 3.15. The van der Waals surface area contributed by atoms with Crippen molar-refractivity contribution in [1.29, 1.82) is 0 Å². The van der Waals surface area contributed by atoms with Gasteiger partial charge in [-0.15, -0.1) is 0 Å². The lowest BCUT2D eigenvalue weighted by Crippen LogP contribution is -2.28. The lowest BCUT2D eigenvalue weighted by atomic mass is 10.00. The highest BCUT2D eigenvalue weighted by Gasteiger charge is 2.22. The second-order valence-corrected chi connectivity index (χ2v) is 10.8. The van der Waals surface area contributed by atoms with Crippen molar-refractivity contribution in [3.05, 3.63) is 83.8 Å². The van der Waals surface area contributed by atoms with Crippen molar-refractivity contribution in [3.63, 3.8) is 0 Å². The minimum Gasteiger partial charge on any atom is -0.381 e. The molecule has 5 aromatic rings. The van der Waals surface area contributed by atoms with Crippen LogP contribution in [-0.2, 0) is 9.53 Å². The molecule has 7 nitrogen and oxygen atoms in total. The third-order valence-electron chi connectivity index (χ3n) is 7.17. The molecule has 2 amide bonds. The number of nitrogens with zero attached hydrogens (tertiary/aromatic N) is 1. The SMILES string of the molecule is C[C@H](NC(=O)c1c[nH]c2ccc(-c3ccc4nc(NC(=O)C5CCOCC5)sc4c3)cc12)c1cccc(F)c1. The van der Waals surface area contributed by atoms with Gasteiger partial charge in [0.05, 0.1) is 21.8 Å². The molecule has 6 rings (SSSR count). The smallest absolute Gasteiger partial charge is 0.253 e. The normalized spacial score (nSPS) is 14.9. The van der Waals surface area contributed by atoms with Crippen LogP contribution in [0.4, 0.5) is 9.52 Å². The Labute approximate surface area is 228 Å². The van der Waals surface area contributed by atoms with Gasteiger partial charge in [-0.3, -0.25) is 9.59 Å². The molecule has 39 heavy (non-hydrogen) atoms. The van der Waals surface area contributed by atoms with Crippen molar-refractivity contribution in [2.75, 3.05) is 18.5 Å². The van der Waals surface area contributed by atoms with Crippen molar-refractivity contribution >= 4 is 49.4 Å². The third kappa shape index (κ3) is 5.28. The second-order valence-electron chi connectivity index (χ2n) is 9.79. The van der Waals surface area contributed by atoms with Gasteiger partial charge in [-0.25, -0.2) is 9.37 Å². The number of thiazole rings is 1. The fraction of sp³-hybridized carbons (Fsp3) is 0.233.